The minimum absolute atomic E-state index is 0.0865. The molecule has 4 bridgehead atoms. The van der Waals surface area contributed by atoms with Crippen LogP contribution in [-0.2, 0) is 40.3 Å². The molecular formula is C33H50N4O5. The molecular weight excluding hydrogens is 532 g/mol. The zero-order chi connectivity index (χ0) is 30.9. The summed E-state index contributed by atoms with van der Waals surface area (Å²) >= 11 is 0. The van der Waals surface area contributed by atoms with Gasteiger partial charge in [-0.25, -0.2) is 4.98 Å². The molecule has 0 saturated carbocycles. The molecule has 9 heteroatoms. The number of carboxylic acid groups (broad SMARTS) is 1. The number of aryl methyl sites for hydroxylation is 2. The topological polar surface area (TPSA) is 109 Å². The van der Waals surface area contributed by atoms with Crippen molar-refractivity contribution >= 4 is 17.4 Å². The Bertz CT molecular complexity index is 1300. The van der Waals surface area contributed by atoms with Gasteiger partial charge in [0.05, 0.1) is 36.5 Å². The lowest BCUT2D eigenvalue weighted by atomic mass is 9.92. The summed E-state index contributed by atoms with van der Waals surface area (Å²) in [6, 6.07) is 10.4. The third kappa shape index (κ3) is 9.51. The number of anilines is 1. The van der Waals surface area contributed by atoms with Crippen molar-refractivity contribution in [3.8, 4) is 0 Å². The van der Waals surface area contributed by atoms with Gasteiger partial charge in [-0.2, -0.15) is 9.61 Å². The lowest BCUT2D eigenvalue weighted by Crippen LogP contribution is -2.45. The second-order valence-corrected chi connectivity index (χ2v) is 12.2. The van der Waals surface area contributed by atoms with E-state index in [4.69, 9.17) is 24.7 Å². The first-order valence-electron chi connectivity index (χ1n) is 15.3. The molecule has 1 saturated heterocycles. The summed E-state index contributed by atoms with van der Waals surface area (Å²) in [4.78, 5) is 18.7. The molecule has 6 rings (SSSR count). The first-order chi connectivity index (χ1) is 19.9. The number of benzene rings is 1. The van der Waals surface area contributed by atoms with Crippen LogP contribution in [0.2, 0.25) is 0 Å². The van der Waals surface area contributed by atoms with Crippen LogP contribution in [0.5, 0.6) is 0 Å². The average Bonchev–Trinajstić information content (AvgIpc) is 3.32. The maximum Gasteiger partial charge on any atom is 0.308 e. The summed E-state index contributed by atoms with van der Waals surface area (Å²) in [7, 11) is 0. The SMILES string of the molecule is CC.CC(C)(C)O.Cc1nc2cc3nn2c(c1CC(=O)O)N1CCC(C)(CC1)OCCCCc1ccccc1COC3. The van der Waals surface area contributed by atoms with Gasteiger partial charge in [-0.15, -0.1) is 0 Å². The number of aliphatic carboxylic acids is 1. The van der Waals surface area contributed by atoms with Gasteiger partial charge in [0.2, 0.25) is 0 Å². The molecule has 5 heterocycles. The monoisotopic (exact) mass is 582 g/mol. The summed E-state index contributed by atoms with van der Waals surface area (Å²) < 4.78 is 14.3. The number of nitrogens with zero attached hydrogens (tertiary/aromatic N) is 4. The van der Waals surface area contributed by atoms with Gasteiger partial charge in [0.25, 0.3) is 0 Å². The van der Waals surface area contributed by atoms with E-state index in [-0.39, 0.29) is 12.0 Å². The van der Waals surface area contributed by atoms with Gasteiger partial charge < -0.3 is 24.6 Å². The summed E-state index contributed by atoms with van der Waals surface area (Å²) in [6.07, 6.45) is 4.79. The predicted octanol–water partition coefficient (Wildman–Crippen LogP) is 5.90. The van der Waals surface area contributed by atoms with Crippen molar-refractivity contribution < 1.29 is 24.5 Å². The van der Waals surface area contributed by atoms with Gasteiger partial charge in [-0.3, -0.25) is 4.79 Å². The van der Waals surface area contributed by atoms with Crippen LogP contribution in [0.25, 0.3) is 5.65 Å². The van der Waals surface area contributed by atoms with Crippen LogP contribution in [0.1, 0.15) is 95.3 Å². The third-order valence-electron chi connectivity index (χ3n) is 7.30. The average molecular weight is 583 g/mol. The number of rotatable bonds is 2. The van der Waals surface area contributed by atoms with Gasteiger partial charge >= 0.3 is 5.97 Å². The highest BCUT2D eigenvalue weighted by Gasteiger charge is 2.33. The van der Waals surface area contributed by atoms with E-state index in [0.717, 1.165) is 69.0 Å². The standard InChI is InChI=1S/C27H34N4O4.C4H10O.C2H6/c1-19-23(16-25(32)33)26-30-12-10-27(2,11-13-30)35-14-6-5-8-20-7-3-4-9-21(20)17-34-18-22-15-24(28-19)31(26)29-22;1-4(2,3)5;1-2/h3-4,7,9,15H,5-6,8,10-14,16-18H2,1-2H3,(H,32,33);5H,1-3H3;1-2H3. The fraction of sp³-hybridized carbons (Fsp3) is 0.606. The number of aliphatic hydroxyl groups is 1. The quantitative estimate of drug-likeness (QED) is 0.385. The van der Waals surface area contributed by atoms with Gasteiger partial charge in [-0.05, 0) is 77.8 Å². The van der Waals surface area contributed by atoms with E-state index in [0.29, 0.717) is 24.4 Å². The number of hydrogen-bond donors (Lipinski definition) is 2. The van der Waals surface area contributed by atoms with Gasteiger partial charge in [0.15, 0.2) is 5.65 Å². The van der Waals surface area contributed by atoms with Crippen molar-refractivity contribution in [2.45, 2.75) is 111 Å². The van der Waals surface area contributed by atoms with Crippen molar-refractivity contribution in [2.75, 3.05) is 24.6 Å². The van der Waals surface area contributed by atoms with Crippen molar-refractivity contribution in [1.82, 2.24) is 14.6 Å². The van der Waals surface area contributed by atoms with E-state index in [9.17, 15) is 9.90 Å². The van der Waals surface area contributed by atoms with Crippen LogP contribution >= 0.6 is 0 Å². The molecule has 2 aromatic heterocycles. The lowest BCUT2D eigenvalue weighted by Gasteiger charge is -2.41. The van der Waals surface area contributed by atoms with E-state index in [2.05, 4.69) is 36.1 Å². The summed E-state index contributed by atoms with van der Waals surface area (Å²) in [5.74, 6) is -0.0424. The maximum atomic E-state index is 11.7. The van der Waals surface area contributed by atoms with Crippen LogP contribution in [0.15, 0.2) is 30.3 Å². The normalized spacial score (nSPS) is 17.3. The highest BCUT2D eigenvalue weighted by molar-refractivity contribution is 5.74. The molecule has 0 unspecified atom stereocenters. The third-order valence-corrected chi connectivity index (χ3v) is 7.30. The fourth-order valence-electron chi connectivity index (χ4n) is 5.22. The number of hydrogen-bond acceptors (Lipinski definition) is 7. The Morgan fingerprint density at radius 3 is 2.36 bits per heavy atom. The van der Waals surface area contributed by atoms with Crippen molar-refractivity contribution in [2.24, 2.45) is 0 Å². The molecule has 3 aliphatic heterocycles. The van der Waals surface area contributed by atoms with E-state index in [1.165, 1.54) is 11.1 Å². The van der Waals surface area contributed by atoms with Crippen LogP contribution in [-0.4, -0.2) is 61.7 Å². The molecule has 3 aliphatic rings. The van der Waals surface area contributed by atoms with E-state index in [1.54, 1.807) is 20.8 Å². The van der Waals surface area contributed by atoms with Crippen LogP contribution in [0, 0.1) is 6.92 Å². The molecule has 232 valence electrons. The highest BCUT2D eigenvalue weighted by Crippen LogP contribution is 2.33. The Kier molecular flexibility index (Phi) is 11.9. The fourth-order valence-corrected chi connectivity index (χ4v) is 5.22. The molecule has 0 atom stereocenters. The number of piperidine rings is 1. The van der Waals surface area contributed by atoms with E-state index < -0.39 is 11.6 Å². The first kappa shape index (κ1) is 33.5. The molecule has 0 aliphatic carbocycles. The molecule has 2 N–H and O–H groups in total. The zero-order valence-corrected chi connectivity index (χ0v) is 26.6. The number of aromatic nitrogens is 3. The Labute approximate surface area is 250 Å². The Morgan fingerprint density at radius 1 is 1.07 bits per heavy atom. The Morgan fingerprint density at radius 2 is 1.71 bits per heavy atom. The molecule has 0 radical (unpaired) electrons. The van der Waals surface area contributed by atoms with Crippen molar-refractivity contribution in [1.29, 1.82) is 0 Å². The summed E-state index contributed by atoms with van der Waals surface area (Å²) in [5, 5.41) is 22.9. The van der Waals surface area contributed by atoms with Crippen molar-refractivity contribution in [3.05, 3.63) is 58.4 Å². The van der Waals surface area contributed by atoms with E-state index in [1.807, 2.05) is 31.4 Å². The van der Waals surface area contributed by atoms with Crippen molar-refractivity contribution in [3.63, 3.8) is 0 Å². The minimum Gasteiger partial charge on any atom is -0.481 e. The lowest BCUT2D eigenvalue weighted by molar-refractivity contribution is -0.136. The maximum absolute atomic E-state index is 11.7. The Balaban J connectivity index is 0.000000627. The van der Waals surface area contributed by atoms with Crippen LogP contribution < -0.4 is 4.90 Å². The minimum atomic E-state index is -0.871. The molecule has 1 fully saturated rings. The zero-order valence-electron chi connectivity index (χ0n) is 26.6. The predicted molar refractivity (Wildman–Crippen MR) is 166 cm³/mol. The number of carbonyl (C=O) groups is 1. The second-order valence-electron chi connectivity index (χ2n) is 12.2. The molecule has 1 aromatic carbocycles. The number of ether oxygens (including phenoxy) is 2. The summed E-state index contributed by atoms with van der Waals surface area (Å²) in [5.41, 5.74) is 4.80. The molecule has 9 nitrogen and oxygen atoms in total. The van der Waals surface area contributed by atoms with Gasteiger partial charge in [0.1, 0.15) is 5.82 Å². The van der Waals surface area contributed by atoms with E-state index >= 15 is 0 Å². The number of carboxylic acids is 1. The summed E-state index contributed by atoms with van der Waals surface area (Å²) in [6.45, 7) is 16.5. The highest BCUT2D eigenvalue weighted by atomic mass is 16.5. The molecule has 0 amide bonds. The first-order valence-corrected chi connectivity index (χ1v) is 15.3. The molecule has 42 heavy (non-hydrogen) atoms. The molecule has 0 spiro atoms. The van der Waals surface area contributed by atoms with Crippen LogP contribution in [0.4, 0.5) is 5.82 Å². The number of fused-ring (bicyclic) bond motifs is 8. The largest absolute Gasteiger partial charge is 0.481 e. The molecule has 3 aromatic rings. The van der Waals surface area contributed by atoms with Gasteiger partial charge in [-0.1, -0.05) is 38.1 Å². The Hall–Kier alpha value is -3.01. The van der Waals surface area contributed by atoms with Crippen LogP contribution in [0.3, 0.4) is 0 Å². The smallest absolute Gasteiger partial charge is 0.308 e. The second kappa shape index (κ2) is 14.9. The van der Waals surface area contributed by atoms with Gasteiger partial charge in [0, 0.05) is 37.0 Å².